The van der Waals surface area contributed by atoms with Gasteiger partial charge in [-0.25, -0.2) is 8.42 Å². The highest BCUT2D eigenvalue weighted by molar-refractivity contribution is 7.89. The Morgan fingerprint density at radius 1 is 1.12 bits per heavy atom. The molecule has 0 radical (unpaired) electrons. The van der Waals surface area contributed by atoms with E-state index in [-0.39, 0.29) is 5.91 Å². The molecule has 1 amide bonds. The first-order valence-electron chi connectivity index (χ1n) is 8.28. The number of nitrogens with one attached hydrogen (secondary N) is 1. The zero-order valence-corrected chi connectivity index (χ0v) is 15.5. The van der Waals surface area contributed by atoms with Crippen LogP contribution in [0.5, 0.6) is 0 Å². The third kappa shape index (κ3) is 5.52. The van der Waals surface area contributed by atoms with Crippen LogP contribution in [0.1, 0.15) is 12.5 Å². The number of allylic oxidation sites excluding steroid dienone is 3. The average Bonchev–Trinajstić information content (AvgIpc) is 2.61. The number of carbonyl (C=O) groups excluding carboxylic acids is 1. The number of hydrogen-bond acceptors (Lipinski definition) is 4. The zero-order valence-electron chi connectivity index (χ0n) is 14.7. The van der Waals surface area contributed by atoms with Gasteiger partial charge in [-0.1, -0.05) is 30.4 Å². The molecule has 1 N–H and O–H groups in total. The van der Waals surface area contributed by atoms with Crippen LogP contribution < -0.4 is 5.32 Å². The van der Waals surface area contributed by atoms with Crippen LogP contribution in [0, 0.1) is 0 Å². The fourth-order valence-corrected chi connectivity index (χ4v) is 3.88. The monoisotopic (exact) mass is 363 g/mol. The second kappa shape index (κ2) is 8.94. The molecule has 1 fully saturated rings. The van der Waals surface area contributed by atoms with Crippen LogP contribution in [0.2, 0.25) is 0 Å². The molecule has 1 saturated heterocycles. The smallest absolute Gasteiger partial charge is 0.244 e. The molecule has 1 aromatic carbocycles. The van der Waals surface area contributed by atoms with E-state index in [0.717, 1.165) is 18.7 Å². The maximum Gasteiger partial charge on any atom is 0.244 e. The summed E-state index contributed by atoms with van der Waals surface area (Å²) < 4.78 is 26.8. The summed E-state index contributed by atoms with van der Waals surface area (Å²) in [4.78, 5) is 14.0. The highest BCUT2D eigenvalue weighted by atomic mass is 32.2. The predicted molar refractivity (Wildman–Crippen MR) is 98.5 cm³/mol. The Hall–Kier alpha value is -1.96. The van der Waals surface area contributed by atoms with Crippen molar-refractivity contribution in [1.82, 2.24) is 14.5 Å². The Morgan fingerprint density at radius 2 is 1.76 bits per heavy atom. The lowest BCUT2D eigenvalue weighted by molar-refractivity contribution is -0.116. The van der Waals surface area contributed by atoms with Crippen LogP contribution in [0.4, 0.5) is 0 Å². The number of carbonyl (C=O) groups is 1. The van der Waals surface area contributed by atoms with Gasteiger partial charge in [0.1, 0.15) is 0 Å². The van der Waals surface area contributed by atoms with Crippen molar-refractivity contribution in [3.63, 3.8) is 0 Å². The molecule has 0 atom stereocenters. The molecule has 7 heteroatoms. The highest BCUT2D eigenvalue weighted by Crippen LogP contribution is 2.18. The molecule has 0 saturated carbocycles. The largest absolute Gasteiger partial charge is 0.348 e. The van der Waals surface area contributed by atoms with Gasteiger partial charge in [0.25, 0.3) is 0 Å². The molecule has 25 heavy (non-hydrogen) atoms. The van der Waals surface area contributed by atoms with Crippen molar-refractivity contribution in [3.8, 4) is 0 Å². The summed E-state index contributed by atoms with van der Waals surface area (Å²) in [5.41, 5.74) is 0.852. The molecule has 0 aliphatic carbocycles. The lowest BCUT2D eigenvalue weighted by atomic mass is 10.2. The molecule has 1 aliphatic heterocycles. The first-order valence-corrected chi connectivity index (χ1v) is 9.72. The molecule has 2 rings (SSSR count). The van der Waals surface area contributed by atoms with Crippen LogP contribution in [-0.2, 0) is 21.4 Å². The number of benzene rings is 1. The van der Waals surface area contributed by atoms with Crippen molar-refractivity contribution >= 4 is 15.9 Å². The van der Waals surface area contributed by atoms with Gasteiger partial charge in [-0.3, -0.25) is 4.79 Å². The molecular formula is C18H25N3O3S. The molecule has 1 aromatic rings. The normalized spacial score (nSPS) is 17.4. The van der Waals surface area contributed by atoms with Gasteiger partial charge < -0.3 is 10.2 Å². The van der Waals surface area contributed by atoms with Gasteiger partial charge in [0.2, 0.25) is 15.9 Å². The summed E-state index contributed by atoms with van der Waals surface area (Å²) in [5, 5.41) is 2.76. The molecule has 0 spiro atoms. The van der Waals surface area contributed by atoms with Gasteiger partial charge in [-0.15, -0.1) is 0 Å². The number of amides is 1. The van der Waals surface area contributed by atoms with Crippen molar-refractivity contribution in [2.75, 3.05) is 33.2 Å². The van der Waals surface area contributed by atoms with Crippen molar-refractivity contribution in [1.29, 1.82) is 0 Å². The van der Waals surface area contributed by atoms with Crippen LogP contribution >= 0.6 is 0 Å². The minimum atomic E-state index is -3.45. The van der Waals surface area contributed by atoms with Crippen LogP contribution in [0.25, 0.3) is 0 Å². The average molecular weight is 363 g/mol. The zero-order chi connectivity index (χ0) is 18.3. The van der Waals surface area contributed by atoms with E-state index in [1.54, 1.807) is 36.4 Å². The number of piperazine rings is 1. The molecule has 0 aromatic heterocycles. The lowest BCUT2D eigenvalue weighted by Crippen LogP contribution is -2.46. The van der Waals surface area contributed by atoms with E-state index in [1.165, 1.54) is 10.4 Å². The van der Waals surface area contributed by atoms with Crippen molar-refractivity contribution in [3.05, 3.63) is 54.1 Å². The summed E-state index contributed by atoms with van der Waals surface area (Å²) in [6.07, 6.45) is 6.73. The molecule has 1 aliphatic rings. The number of rotatable bonds is 6. The number of hydrogen-bond donors (Lipinski definition) is 1. The first kappa shape index (κ1) is 19.4. The minimum Gasteiger partial charge on any atom is -0.348 e. The molecule has 6 nitrogen and oxygen atoms in total. The van der Waals surface area contributed by atoms with Gasteiger partial charge in [-0.05, 0) is 31.7 Å². The van der Waals surface area contributed by atoms with Gasteiger partial charge >= 0.3 is 0 Å². The number of likely N-dealkylation sites (N-methyl/N-ethyl adjacent to an activating group) is 1. The van der Waals surface area contributed by atoms with Crippen LogP contribution in [0.3, 0.4) is 0 Å². The van der Waals surface area contributed by atoms with E-state index in [0.29, 0.717) is 24.5 Å². The number of nitrogens with zero attached hydrogens (tertiary/aromatic N) is 2. The molecule has 1 heterocycles. The highest BCUT2D eigenvalue weighted by Gasteiger charge is 2.27. The summed E-state index contributed by atoms with van der Waals surface area (Å²) >= 11 is 0. The van der Waals surface area contributed by atoms with Crippen molar-refractivity contribution in [2.45, 2.75) is 18.4 Å². The van der Waals surface area contributed by atoms with Gasteiger partial charge in [-0.2, -0.15) is 4.31 Å². The van der Waals surface area contributed by atoms with Crippen LogP contribution in [0.15, 0.2) is 53.5 Å². The summed E-state index contributed by atoms with van der Waals surface area (Å²) in [5.74, 6) is -0.188. The van der Waals surface area contributed by atoms with E-state index < -0.39 is 10.0 Å². The van der Waals surface area contributed by atoms with Crippen molar-refractivity contribution < 1.29 is 13.2 Å². The van der Waals surface area contributed by atoms with Gasteiger partial charge in [0.15, 0.2) is 0 Å². The lowest BCUT2D eigenvalue weighted by Gasteiger charge is -2.31. The van der Waals surface area contributed by atoms with E-state index in [2.05, 4.69) is 10.2 Å². The van der Waals surface area contributed by atoms with Gasteiger partial charge in [0, 0.05) is 38.8 Å². The Balaban J connectivity index is 1.96. The SMILES string of the molecule is C/C=C/C=C/C(=O)NCc1ccc(S(=O)(=O)N2CCN(C)CC2)cc1. The molecule has 0 bridgehead atoms. The van der Waals surface area contributed by atoms with E-state index in [4.69, 9.17) is 0 Å². The summed E-state index contributed by atoms with van der Waals surface area (Å²) in [6.45, 7) is 4.73. The topological polar surface area (TPSA) is 69.7 Å². The Morgan fingerprint density at radius 3 is 2.36 bits per heavy atom. The van der Waals surface area contributed by atoms with Crippen LogP contribution in [-0.4, -0.2) is 56.8 Å². The van der Waals surface area contributed by atoms with E-state index >= 15 is 0 Å². The Kier molecular flexibility index (Phi) is 6.92. The maximum atomic E-state index is 12.6. The number of sulfonamides is 1. The quantitative estimate of drug-likeness (QED) is 0.612. The third-order valence-electron chi connectivity index (χ3n) is 4.04. The molecular weight excluding hydrogens is 338 g/mol. The Labute approximate surface area is 149 Å². The van der Waals surface area contributed by atoms with E-state index in [1.807, 2.05) is 20.0 Å². The van der Waals surface area contributed by atoms with Crippen molar-refractivity contribution in [2.24, 2.45) is 0 Å². The Bertz CT molecular complexity index is 731. The molecule has 136 valence electrons. The second-order valence-electron chi connectivity index (χ2n) is 5.95. The second-order valence-corrected chi connectivity index (χ2v) is 7.89. The fraction of sp³-hybridized carbons (Fsp3) is 0.389. The fourth-order valence-electron chi connectivity index (χ4n) is 2.46. The van der Waals surface area contributed by atoms with Gasteiger partial charge in [0.05, 0.1) is 4.90 Å². The summed E-state index contributed by atoms with van der Waals surface area (Å²) in [7, 11) is -1.46. The molecule has 0 unspecified atom stereocenters. The predicted octanol–water partition coefficient (Wildman–Crippen LogP) is 1.37. The first-order chi connectivity index (χ1) is 11.9. The maximum absolute atomic E-state index is 12.6. The summed E-state index contributed by atoms with van der Waals surface area (Å²) in [6, 6.07) is 6.67. The standard InChI is InChI=1S/C18H25N3O3S/c1-3-4-5-6-18(22)19-15-16-7-9-17(10-8-16)25(23,24)21-13-11-20(2)12-14-21/h3-10H,11-15H2,1-2H3,(H,19,22)/b4-3+,6-5+. The van der Waals surface area contributed by atoms with E-state index in [9.17, 15) is 13.2 Å². The minimum absolute atomic E-state index is 0.188. The third-order valence-corrected chi connectivity index (χ3v) is 5.95.